The van der Waals surface area contributed by atoms with Crippen LogP contribution in [0.25, 0.3) is 0 Å². The Bertz CT molecular complexity index is 513. The van der Waals surface area contributed by atoms with E-state index in [-0.39, 0.29) is 6.54 Å². The summed E-state index contributed by atoms with van der Waals surface area (Å²) in [5, 5.41) is 14.2. The Labute approximate surface area is 116 Å². The van der Waals surface area contributed by atoms with Crippen LogP contribution in [0.4, 0.5) is 9.18 Å². The van der Waals surface area contributed by atoms with Crippen molar-refractivity contribution in [3.05, 3.63) is 35.6 Å². The van der Waals surface area contributed by atoms with Gasteiger partial charge in [-0.2, -0.15) is 0 Å². The van der Waals surface area contributed by atoms with Gasteiger partial charge >= 0.3 is 12.0 Å². The van der Waals surface area contributed by atoms with Crippen LogP contribution in [0.5, 0.6) is 0 Å². The number of carboxylic acids is 1. The number of aliphatic carboxylic acids is 1. The zero-order valence-corrected chi connectivity index (χ0v) is 11.0. The van der Waals surface area contributed by atoms with Crippen LogP contribution in [0.2, 0.25) is 0 Å². The first-order valence-corrected chi connectivity index (χ1v) is 6.56. The highest BCUT2D eigenvalue weighted by Gasteiger charge is 2.42. The molecule has 0 spiro atoms. The van der Waals surface area contributed by atoms with E-state index in [0.717, 1.165) is 12.8 Å². The number of nitrogens with one attached hydrogen (secondary N) is 2. The van der Waals surface area contributed by atoms with E-state index < -0.39 is 23.4 Å². The second-order valence-electron chi connectivity index (χ2n) is 4.99. The average molecular weight is 280 g/mol. The predicted octanol–water partition coefficient (Wildman–Crippen LogP) is 2.02. The first-order valence-electron chi connectivity index (χ1n) is 6.56. The lowest BCUT2D eigenvalue weighted by molar-refractivity contribution is -0.144. The number of carbonyl (C=O) groups excluding carboxylic acids is 1. The van der Waals surface area contributed by atoms with Crippen LogP contribution >= 0.6 is 0 Å². The molecular formula is C14H17FN2O3. The van der Waals surface area contributed by atoms with Gasteiger partial charge in [-0.1, -0.05) is 31.0 Å². The quantitative estimate of drug-likeness (QED) is 0.789. The predicted molar refractivity (Wildman–Crippen MR) is 70.6 cm³/mol. The summed E-state index contributed by atoms with van der Waals surface area (Å²) in [7, 11) is 0. The number of carboxylic acid groups (broad SMARTS) is 1. The molecular weight excluding hydrogens is 263 g/mol. The topological polar surface area (TPSA) is 78.4 Å². The van der Waals surface area contributed by atoms with E-state index in [1.54, 1.807) is 18.2 Å². The van der Waals surface area contributed by atoms with Crippen LogP contribution in [0, 0.1) is 5.82 Å². The maximum Gasteiger partial charge on any atom is 0.329 e. The van der Waals surface area contributed by atoms with Gasteiger partial charge in [-0.3, -0.25) is 0 Å². The molecule has 0 heterocycles. The molecule has 0 bridgehead atoms. The second kappa shape index (κ2) is 5.90. The van der Waals surface area contributed by atoms with E-state index in [9.17, 15) is 19.1 Å². The third-order valence-electron chi connectivity index (χ3n) is 3.62. The molecule has 1 aliphatic carbocycles. The van der Waals surface area contributed by atoms with Crippen LogP contribution in [0.1, 0.15) is 31.2 Å². The van der Waals surface area contributed by atoms with Crippen LogP contribution < -0.4 is 10.6 Å². The summed E-state index contributed by atoms with van der Waals surface area (Å²) in [5.41, 5.74) is -0.822. The highest BCUT2D eigenvalue weighted by atomic mass is 19.1. The smallest absolute Gasteiger partial charge is 0.329 e. The van der Waals surface area contributed by atoms with Crippen molar-refractivity contribution in [2.45, 2.75) is 37.8 Å². The fourth-order valence-corrected chi connectivity index (χ4v) is 2.45. The lowest BCUT2D eigenvalue weighted by Gasteiger charge is -2.25. The van der Waals surface area contributed by atoms with Crippen LogP contribution in [-0.2, 0) is 11.3 Å². The monoisotopic (exact) mass is 280 g/mol. The third kappa shape index (κ3) is 3.07. The molecule has 0 aliphatic heterocycles. The van der Waals surface area contributed by atoms with Crippen LogP contribution in [-0.4, -0.2) is 22.6 Å². The zero-order chi connectivity index (χ0) is 14.6. The van der Waals surface area contributed by atoms with Crippen molar-refractivity contribution in [1.82, 2.24) is 10.6 Å². The fraction of sp³-hybridized carbons (Fsp3) is 0.429. The maximum atomic E-state index is 13.4. The summed E-state index contributed by atoms with van der Waals surface area (Å²) in [5.74, 6) is -1.42. The van der Waals surface area contributed by atoms with Gasteiger partial charge in [0.25, 0.3) is 0 Å². The van der Waals surface area contributed by atoms with E-state index >= 15 is 0 Å². The number of hydrogen-bond donors (Lipinski definition) is 3. The van der Waals surface area contributed by atoms with Crippen molar-refractivity contribution in [3.8, 4) is 0 Å². The molecule has 6 heteroatoms. The van der Waals surface area contributed by atoms with Crippen molar-refractivity contribution in [2.24, 2.45) is 0 Å². The Morgan fingerprint density at radius 1 is 1.25 bits per heavy atom. The van der Waals surface area contributed by atoms with Gasteiger partial charge in [0, 0.05) is 12.1 Å². The van der Waals surface area contributed by atoms with Gasteiger partial charge in [0.15, 0.2) is 0 Å². The number of amides is 2. The Morgan fingerprint density at radius 2 is 1.90 bits per heavy atom. The minimum Gasteiger partial charge on any atom is -0.480 e. The normalized spacial score (nSPS) is 16.6. The molecule has 5 nitrogen and oxygen atoms in total. The Balaban J connectivity index is 1.92. The number of halogens is 1. The molecule has 1 fully saturated rings. The minimum absolute atomic E-state index is 0.0220. The third-order valence-corrected chi connectivity index (χ3v) is 3.62. The molecule has 3 N–H and O–H groups in total. The molecule has 2 amide bonds. The molecule has 1 saturated carbocycles. The van der Waals surface area contributed by atoms with Crippen molar-refractivity contribution in [3.63, 3.8) is 0 Å². The van der Waals surface area contributed by atoms with Gasteiger partial charge < -0.3 is 15.7 Å². The fourth-order valence-electron chi connectivity index (χ4n) is 2.45. The van der Waals surface area contributed by atoms with Gasteiger partial charge in [-0.25, -0.2) is 14.0 Å². The van der Waals surface area contributed by atoms with E-state index in [0.29, 0.717) is 18.4 Å². The molecule has 1 aliphatic rings. The van der Waals surface area contributed by atoms with E-state index in [1.807, 2.05) is 0 Å². The number of rotatable bonds is 4. The summed E-state index contributed by atoms with van der Waals surface area (Å²) in [4.78, 5) is 23.1. The summed E-state index contributed by atoms with van der Waals surface area (Å²) < 4.78 is 13.4. The first-order chi connectivity index (χ1) is 9.53. The molecule has 20 heavy (non-hydrogen) atoms. The first kappa shape index (κ1) is 14.3. The highest BCUT2D eigenvalue weighted by Crippen LogP contribution is 2.29. The molecule has 0 radical (unpaired) electrons. The molecule has 2 rings (SSSR count). The van der Waals surface area contributed by atoms with Crippen molar-refractivity contribution in [2.75, 3.05) is 0 Å². The largest absolute Gasteiger partial charge is 0.480 e. The molecule has 0 atom stereocenters. The van der Waals surface area contributed by atoms with Crippen LogP contribution in [0.15, 0.2) is 24.3 Å². The molecule has 1 aromatic rings. The number of hydrogen-bond acceptors (Lipinski definition) is 2. The van der Waals surface area contributed by atoms with E-state index in [1.165, 1.54) is 6.07 Å². The van der Waals surface area contributed by atoms with Gasteiger partial charge in [0.1, 0.15) is 11.4 Å². The van der Waals surface area contributed by atoms with Gasteiger partial charge in [0.05, 0.1) is 0 Å². The van der Waals surface area contributed by atoms with Crippen molar-refractivity contribution in [1.29, 1.82) is 0 Å². The SMILES string of the molecule is O=C(NCc1ccccc1F)NC1(C(=O)O)CCCC1. The number of carbonyl (C=O) groups is 2. The molecule has 1 aromatic carbocycles. The highest BCUT2D eigenvalue weighted by molar-refractivity contribution is 5.86. The second-order valence-corrected chi connectivity index (χ2v) is 4.99. The van der Waals surface area contributed by atoms with Gasteiger partial charge in [0.2, 0.25) is 0 Å². The lowest BCUT2D eigenvalue weighted by atomic mass is 9.98. The minimum atomic E-state index is -1.18. The molecule has 0 aromatic heterocycles. The Morgan fingerprint density at radius 3 is 2.50 bits per heavy atom. The van der Waals surface area contributed by atoms with Gasteiger partial charge in [-0.05, 0) is 18.9 Å². The van der Waals surface area contributed by atoms with Crippen molar-refractivity contribution < 1.29 is 19.1 Å². The van der Waals surface area contributed by atoms with Crippen molar-refractivity contribution >= 4 is 12.0 Å². The maximum absolute atomic E-state index is 13.4. The van der Waals surface area contributed by atoms with Crippen LogP contribution in [0.3, 0.4) is 0 Å². The number of urea groups is 1. The number of benzene rings is 1. The van der Waals surface area contributed by atoms with E-state index in [2.05, 4.69) is 10.6 Å². The summed E-state index contributed by atoms with van der Waals surface area (Å²) in [6.45, 7) is 0.0220. The Kier molecular flexibility index (Phi) is 4.22. The average Bonchev–Trinajstić information content (AvgIpc) is 2.88. The molecule has 0 unspecified atom stereocenters. The summed E-state index contributed by atoms with van der Waals surface area (Å²) in [6.07, 6.45) is 2.41. The van der Waals surface area contributed by atoms with Gasteiger partial charge in [-0.15, -0.1) is 0 Å². The van der Waals surface area contributed by atoms with E-state index in [4.69, 9.17) is 0 Å². The molecule has 108 valence electrons. The molecule has 0 saturated heterocycles. The lowest BCUT2D eigenvalue weighted by Crippen LogP contribution is -2.55. The standard InChI is InChI=1S/C14H17FN2O3/c15-11-6-2-1-5-10(11)9-16-13(20)17-14(12(18)19)7-3-4-8-14/h1-2,5-6H,3-4,7-9H2,(H,18,19)(H2,16,17,20). The summed E-state index contributed by atoms with van der Waals surface area (Å²) in [6, 6.07) is 5.53. The summed E-state index contributed by atoms with van der Waals surface area (Å²) >= 11 is 0. The zero-order valence-electron chi connectivity index (χ0n) is 11.0. The Hall–Kier alpha value is -2.11.